The molecule has 0 saturated carbocycles. The smallest absolute Gasteiger partial charge is 0.256 e. The Labute approximate surface area is 162 Å². The van der Waals surface area contributed by atoms with Crippen LogP contribution in [0.3, 0.4) is 0 Å². The van der Waals surface area contributed by atoms with E-state index in [0.29, 0.717) is 33.5 Å². The molecule has 144 valence electrons. The van der Waals surface area contributed by atoms with Gasteiger partial charge in [-0.25, -0.2) is 0 Å². The lowest BCUT2D eigenvalue weighted by molar-refractivity contribution is 0.1000. The fraction of sp³-hybridized carbons (Fsp3) is 0.400. The van der Waals surface area contributed by atoms with Crippen LogP contribution < -0.4 is 20.5 Å². The number of methoxy groups -OCH3 is 2. The number of anilines is 1. The average molecular weight is 388 g/mol. The monoisotopic (exact) mass is 388 g/mol. The second kappa shape index (κ2) is 8.00. The highest BCUT2D eigenvalue weighted by Gasteiger charge is 2.28. The maximum Gasteiger partial charge on any atom is 0.256 e. The fourth-order valence-corrected chi connectivity index (χ4v) is 4.87. The molecule has 1 atom stereocenters. The topological polar surface area (TPSA) is 90.7 Å². The van der Waals surface area contributed by atoms with Gasteiger partial charge in [-0.2, -0.15) is 0 Å². The molecule has 3 N–H and O–H groups in total. The van der Waals surface area contributed by atoms with Crippen molar-refractivity contribution in [2.75, 3.05) is 19.5 Å². The molecule has 2 amide bonds. The summed E-state index contributed by atoms with van der Waals surface area (Å²) in [6.45, 7) is 2.18. The molecule has 1 aliphatic carbocycles. The molecule has 1 aromatic heterocycles. The van der Waals surface area contributed by atoms with Crippen LogP contribution in [0.5, 0.6) is 11.5 Å². The van der Waals surface area contributed by atoms with Crippen LogP contribution in [0.2, 0.25) is 0 Å². The molecule has 3 rings (SSSR count). The van der Waals surface area contributed by atoms with E-state index in [1.54, 1.807) is 18.2 Å². The van der Waals surface area contributed by atoms with Crippen molar-refractivity contribution in [3.8, 4) is 11.5 Å². The van der Waals surface area contributed by atoms with Gasteiger partial charge in [-0.15, -0.1) is 11.3 Å². The first-order valence-corrected chi connectivity index (χ1v) is 9.77. The molecule has 1 aromatic carbocycles. The van der Waals surface area contributed by atoms with Crippen LogP contribution in [0.4, 0.5) is 5.00 Å². The summed E-state index contributed by atoms with van der Waals surface area (Å²) in [5.41, 5.74) is 7.50. The average Bonchev–Trinajstić information content (AvgIpc) is 3.04. The third-order valence-corrected chi connectivity index (χ3v) is 6.23. The maximum atomic E-state index is 12.7. The first-order valence-electron chi connectivity index (χ1n) is 8.96. The normalized spacial score (nSPS) is 15.7. The van der Waals surface area contributed by atoms with E-state index in [0.717, 1.165) is 36.1 Å². The molecule has 6 nitrogen and oxygen atoms in total. The third-order valence-electron chi connectivity index (χ3n) is 5.06. The third kappa shape index (κ3) is 3.78. The first kappa shape index (κ1) is 19.2. The van der Waals surface area contributed by atoms with Gasteiger partial charge in [-0.05, 0) is 48.9 Å². The number of rotatable bonds is 6. The molecule has 7 heteroatoms. The summed E-state index contributed by atoms with van der Waals surface area (Å²) in [6.07, 6.45) is 3.91. The molecule has 0 saturated heterocycles. The maximum absolute atomic E-state index is 12.7. The highest BCUT2D eigenvalue weighted by molar-refractivity contribution is 7.17. The molecule has 1 aliphatic rings. The summed E-state index contributed by atoms with van der Waals surface area (Å²) in [5.74, 6) is 0.820. The second-order valence-corrected chi connectivity index (χ2v) is 7.72. The Kier molecular flexibility index (Phi) is 5.70. The lowest BCUT2D eigenvalue weighted by atomic mass is 9.85. The van der Waals surface area contributed by atoms with Gasteiger partial charge in [0.15, 0.2) is 11.5 Å². The number of benzene rings is 1. The van der Waals surface area contributed by atoms with Crippen molar-refractivity contribution in [2.45, 2.75) is 32.6 Å². The number of amides is 2. The van der Waals surface area contributed by atoms with Crippen molar-refractivity contribution in [2.24, 2.45) is 11.7 Å². The van der Waals surface area contributed by atoms with Crippen molar-refractivity contribution in [3.63, 3.8) is 0 Å². The summed E-state index contributed by atoms with van der Waals surface area (Å²) in [7, 11) is 3.05. The van der Waals surface area contributed by atoms with Gasteiger partial charge in [0.25, 0.3) is 11.8 Å². The molecule has 27 heavy (non-hydrogen) atoms. The van der Waals surface area contributed by atoms with Gasteiger partial charge in [0.1, 0.15) is 5.00 Å². The van der Waals surface area contributed by atoms with Gasteiger partial charge in [0.05, 0.1) is 19.8 Å². The van der Waals surface area contributed by atoms with Crippen molar-refractivity contribution >= 4 is 28.2 Å². The number of primary amides is 1. The van der Waals surface area contributed by atoms with Gasteiger partial charge in [0.2, 0.25) is 0 Å². The molecule has 0 radical (unpaired) electrons. The Hall–Kier alpha value is -2.54. The number of carbonyl (C=O) groups is 2. The number of carbonyl (C=O) groups excluding carboxylic acids is 2. The highest BCUT2D eigenvalue weighted by atomic mass is 32.1. The predicted molar refractivity (Wildman–Crippen MR) is 106 cm³/mol. The molecule has 0 fully saturated rings. The van der Waals surface area contributed by atoms with Crippen molar-refractivity contribution < 1.29 is 19.1 Å². The zero-order valence-corrected chi connectivity index (χ0v) is 16.6. The quantitative estimate of drug-likeness (QED) is 0.791. The Balaban J connectivity index is 1.90. The van der Waals surface area contributed by atoms with E-state index in [1.165, 1.54) is 25.6 Å². The number of thiophene rings is 1. The summed E-state index contributed by atoms with van der Waals surface area (Å²) in [6, 6.07) is 4.94. The summed E-state index contributed by atoms with van der Waals surface area (Å²) >= 11 is 1.46. The van der Waals surface area contributed by atoms with Crippen molar-refractivity contribution in [1.29, 1.82) is 0 Å². The van der Waals surface area contributed by atoms with Gasteiger partial charge in [-0.3, -0.25) is 9.59 Å². The van der Waals surface area contributed by atoms with E-state index in [2.05, 4.69) is 12.2 Å². The number of ether oxygens (including phenoxy) is 2. The Morgan fingerprint density at radius 2 is 2.00 bits per heavy atom. The minimum Gasteiger partial charge on any atom is -0.493 e. The molecule has 0 bridgehead atoms. The van der Waals surface area contributed by atoms with Gasteiger partial charge in [-0.1, -0.05) is 13.3 Å². The molecular formula is C20H24N2O4S. The standard InChI is InChI=1S/C20H24N2O4S/c1-4-11-5-7-13-16(9-11)27-20(17(13)18(21)23)22-19(24)12-6-8-14(25-2)15(10-12)26-3/h6,8,10-11H,4-5,7,9H2,1-3H3,(H2,21,23)(H,22,24)/t11-/m0/s1. The minimum absolute atomic E-state index is 0.316. The summed E-state index contributed by atoms with van der Waals surface area (Å²) < 4.78 is 10.5. The molecule has 0 aliphatic heterocycles. The molecule has 0 spiro atoms. The second-order valence-electron chi connectivity index (χ2n) is 6.61. The zero-order chi connectivity index (χ0) is 19.6. The Bertz CT molecular complexity index is 875. The largest absolute Gasteiger partial charge is 0.493 e. The van der Waals surface area contributed by atoms with E-state index in [1.807, 2.05) is 0 Å². The number of nitrogens with two attached hydrogens (primary N) is 1. The van der Waals surface area contributed by atoms with E-state index >= 15 is 0 Å². The minimum atomic E-state index is -0.495. The summed E-state index contributed by atoms with van der Waals surface area (Å²) in [4.78, 5) is 25.9. The predicted octanol–water partition coefficient (Wildman–Crippen LogP) is 3.63. The first-order chi connectivity index (χ1) is 13.0. The number of hydrogen-bond donors (Lipinski definition) is 2. The lowest BCUT2D eigenvalue weighted by Gasteiger charge is -2.20. The van der Waals surface area contributed by atoms with Crippen LogP contribution in [0.25, 0.3) is 0 Å². The zero-order valence-electron chi connectivity index (χ0n) is 15.8. The van der Waals surface area contributed by atoms with Gasteiger partial charge < -0.3 is 20.5 Å². The van der Waals surface area contributed by atoms with E-state index in [9.17, 15) is 9.59 Å². The Morgan fingerprint density at radius 1 is 1.26 bits per heavy atom. The van der Waals surface area contributed by atoms with Crippen LogP contribution in [0.1, 0.15) is 50.9 Å². The number of hydrogen-bond acceptors (Lipinski definition) is 5. The highest BCUT2D eigenvalue weighted by Crippen LogP contribution is 2.40. The Morgan fingerprint density at radius 3 is 2.63 bits per heavy atom. The number of nitrogens with one attached hydrogen (secondary N) is 1. The van der Waals surface area contributed by atoms with E-state index < -0.39 is 5.91 Å². The van der Waals surface area contributed by atoms with Crippen molar-refractivity contribution in [3.05, 3.63) is 39.8 Å². The van der Waals surface area contributed by atoms with Crippen LogP contribution in [0, 0.1) is 5.92 Å². The van der Waals surface area contributed by atoms with Crippen LogP contribution in [-0.2, 0) is 12.8 Å². The van der Waals surface area contributed by atoms with E-state index in [4.69, 9.17) is 15.2 Å². The lowest BCUT2D eigenvalue weighted by Crippen LogP contribution is -2.19. The molecule has 2 aromatic rings. The SMILES string of the molecule is CC[C@H]1CCc2c(sc(NC(=O)c3ccc(OC)c(OC)c3)c2C(N)=O)C1. The van der Waals surface area contributed by atoms with Crippen molar-refractivity contribution in [1.82, 2.24) is 0 Å². The number of fused-ring (bicyclic) bond motifs is 1. The molecular weight excluding hydrogens is 364 g/mol. The fourth-order valence-electron chi connectivity index (χ4n) is 3.50. The van der Waals surface area contributed by atoms with Gasteiger partial charge >= 0.3 is 0 Å². The van der Waals surface area contributed by atoms with Gasteiger partial charge in [0, 0.05) is 10.4 Å². The van der Waals surface area contributed by atoms with Crippen LogP contribution >= 0.6 is 11.3 Å². The molecule has 0 unspecified atom stereocenters. The summed E-state index contributed by atoms with van der Waals surface area (Å²) in [5, 5.41) is 3.40. The van der Waals surface area contributed by atoms with Crippen LogP contribution in [-0.4, -0.2) is 26.0 Å². The molecule has 1 heterocycles. The van der Waals surface area contributed by atoms with E-state index in [-0.39, 0.29) is 5.91 Å². The van der Waals surface area contributed by atoms with Crippen LogP contribution in [0.15, 0.2) is 18.2 Å².